The molecule has 0 fully saturated rings. The van der Waals surface area contributed by atoms with E-state index >= 15 is 0 Å². The van der Waals surface area contributed by atoms with Gasteiger partial charge in [0.15, 0.2) is 9.84 Å². The first-order valence-corrected chi connectivity index (χ1v) is 11.2. The third-order valence-corrected chi connectivity index (χ3v) is 7.22. The summed E-state index contributed by atoms with van der Waals surface area (Å²) in [5.41, 5.74) is 0.719. The van der Waals surface area contributed by atoms with E-state index in [2.05, 4.69) is 10.6 Å². The van der Waals surface area contributed by atoms with E-state index in [-0.39, 0.29) is 33.2 Å². The summed E-state index contributed by atoms with van der Waals surface area (Å²) in [6.07, 6.45) is -0.285. The number of thioether (sulfide) groups is 1. The van der Waals surface area contributed by atoms with Gasteiger partial charge in [0.25, 0.3) is 0 Å². The monoisotopic (exact) mass is 442 g/mol. The minimum atomic E-state index is -3.73. The molecule has 1 aliphatic heterocycles. The number of halogens is 2. The molecule has 148 valence electrons. The van der Waals surface area contributed by atoms with Crippen molar-refractivity contribution in [3.8, 4) is 0 Å². The van der Waals surface area contributed by atoms with Gasteiger partial charge in [-0.3, -0.25) is 9.59 Å². The Bertz CT molecular complexity index is 1060. The molecule has 3 rings (SSSR count). The standard InChI is InChI=1S/C18H16ClFN2O4S2/c1-10-18(24)22-15-9-12(3-5-16(15)27-10)28(25,26)7-6-17(23)21-11-2-4-14(20)13(19)8-11/h2-5,8-10H,6-7H2,1H3,(H,21,23)(H,22,24)/t10-/m0/s1. The van der Waals surface area contributed by atoms with Gasteiger partial charge < -0.3 is 10.6 Å². The number of fused-ring (bicyclic) bond motifs is 1. The predicted octanol–water partition coefficient (Wildman–Crippen LogP) is 3.71. The van der Waals surface area contributed by atoms with Gasteiger partial charge in [0.1, 0.15) is 5.82 Å². The van der Waals surface area contributed by atoms with Crippen LogP contribution in [0.5, 0.6) is 0 Å². The Morgan fingerprint density at radius 3 is 2.75 bits per heavy atom. The molecule has 10 heteroatoms. The number of hydrogen-bond acceptors (Lipinski definition) is 5. The lowest BCUT2D eigenvalue weighted by Crippen LogP contribution is -2.26. The van der Waals surface area contributed by atoms with Crippen LogP contribution in [0, 0.1) is 5.82 Å². The molecule has 0 radical (unpaired) electrons. The van der Waals surface area contributed by atoms with E-state index in [1.807, 2.05) is 0 Å². The van der Waals surface area contributed by atoms with E-state index in [0.717, 1.165) is 11.0 Å². The van der Waals surface area contributed by atoms with Crippen molar-refractivity contribution in [3.63, 3.8) is 0 Å². The number of anilines is 2. The average Bonchev–Trinajstić information content (AvgIpc) is 2.64. The number of benzene rings is 2. The molecule has 2 N–H and O–H groups in total. The van der Waals surface area contributed by atoms with Gasteiger partial charge in [-0.15, -0.1) is 11.8 Å². The van der Waals surface area contributed by atoms with Gasteiger partial charge in [-0.05, 0) is 43.3 Å². The van der Waals surface area contributed by atoms with E-state index in [9.17, 15) is 22.4 Å². The highest BCUT2D eigenvalue weighted by Crippen LogP contribution is 2.36. The van der Waals surface area contributed by atoms with Gasteiger partial charge in [0.05, 0.1) is 26.6 Å². The maximum absolute atomic E-state index is 13.1. The lowest BCUT2D eigenvalue weighted by atomic mass is 10.3. The van der Waals surface area contributed by atoms with E-state index in [1.165, 1.54) is 36.0 Å². The fraction of sp³-hybridized carbons (Fsp3) is 0.222. The molecule has 0 unspecified atom stereocenters. The third-order valence-electron chi connectivity index (χ3n) is 4.04. The Kier molecular flexibility index (Phi) is 5.97. The highest BCUT2D eigenvalue weighted by atomic mass is 35.5. The van der Waals surface area contributed by atoms with Crippen LogP contribution in [-0.4, -0.2) is 31.2 Å². The van der Waals surface area contributed by atoms with E-state index in [0.29, 0.717) is 5.69 Å². The second-order valence-corrected chi connectivity index (χ2v) is 10.1. The molecule has 0 saturated carbocycles. The first-order chi connectivity index (χ1) is 13.2. The maximum atomic E-state index is 13.1. The Balaban J connectivity index is 1.67. The van der Waals surface area contributed by atoms with Gasteiger partial charge in [-0.2, -0.15) is 0 Å². The molecule has 2 amide bonds. The summed E-state index contributed by atoms with van der Waals surface area (Å²) in [4.78, 5) is 24.6. The topological polar surface area (TPSA) is 92.3 Å². The van der Waals surface area contributed by atoms with Gasteiger partial charge in [-0.25, -0.2) is 12.8 Å². The highest BCUT2D eigenvalue weighted by molar-refractivity contribution is 8.01. The Morgan fingerprint density at radius 2 is 2.04 bits per heavy atom. The van der Waals surface area contributed by atoms with E-state index < -0.39 is 27.3 Å². The third kappa shape index (κ3) is 4.65. The maximum Gasteiger partial charge on any atom is 0.237 e. The van der Waals surface area contributed by atoms with Crippen molar-refractivity contribution >= 4 is 56.4 Å². The van der Waals surface area contributed by atoms with Gasteiger partial charge >= 0.3 is 0 Å². The van der Waals surface area contributed by atoms with Crippen molar-refractivity contribution in [3.05, 3.63) is 47.2 Å². The summed E-state index contributed by atoms with van der Waals surface area (Å²) in [7, 11) is -3.73. The molecule has 6 nitrogen and oxygen atoms in total. The Labute approximate surface area is 170 Å². The molecule has 0 bridgehead atoms. The molecule has 0 aliphatic carbocycles. The fourth-order valence-electron chi connectivity index (χ4n) is 2.52. The van der Waals surface area contributed by atoms with Crippen LogP contribution < -0.4 is 10.6 Å². The number of rotatable bonds is 5. The van der Waals surface area contributed by atoms with E-state index in [1.54, 1.807) is 13.0 Å². The molecule has 1 atom stereocenters. The molecule has 1 heterocycles. The van der Waals surface area contributed by atoms with Crippen LogP contribution in [-0.2, 0) is 19.4 Å². The first kappa shape index (κ1) is 20.6. The zero-order valence-electron chi connectivity index (χ0n) is 14.7. The Morgan fingerprint density at radius 1 is 1.29 bits per heavy atom. The van der Waals surface area contributed by atoms with Crippen molar-refractivity contribution in [1.29, 1.82) is 0 Å². The average molecular weight is 443 g/mol. The molecule has 0 saturated heterocycles. The van der Waals surface area contributed by atoms with Crippen LogP contribution in [0.1, 0.15) is 13.3 Å². The summed E-state index contributed by atoms with van der Waals surface area (Å²) in [5, 5.41) is 4.77. The van der Waals surface area contributed by atoms with Crippen molar-refractivity contribution < 1.29 is 22.4 Å². The second kappa shape index (κ2) is 8.10. The number of sulfone groups is 1. The van der Waals surface area contributed by atoms with Crippen LogP contribution in [0.25, 0.3) is 0 Å². The number of carbonyl (C=O) groups excluding carboxylic acids is 2. The summed E-state index contributed by atoms with van der Waals surface area (Å²) < 4.78 is 38.2. The number of nitrogens with one attached hydrogen (secondary N) is 2. The minimum Gasteiger partial charge on any atom is -0.326 e. The smallest absolute Gasteiger partial charge is 0.237 e. The van der Waals surface area contributed by atoms with Gasteiger partial charge in [-0.1, -0.05) is 11.6 Å². The molecule has 0 aromatic heterocycles. The molecular formula is C18H16ClFN2O4S2. The zero-order valence-corrected chi connectivity index (χ0v) is 17.1. The van der Waals surface area contributed by atoms with Crippen LogP contribution in [0.2, 0.25) is 5.02 Å². The molecular weight excluding hydrogens is 427 g/mol. The van der Waals surface area contributed by atoms with Crippen LogP contribution >= 0.6 is 23.4 Å². The second-order valence-electron chi connectivity index (χ2n) is 6.15. The zero-order chi connectivity index (χ0) is 20.5. The van der Waals surface area contributed by atoms with Gasteiger partial charge in [0, 0.05) is 17.0 Å². The molecule has 0 spiro atoms. The SMILES string of the molecule is C[C@@H]1Sc2ccc(S(=O)(=O)CCC(=O)Nc3ccc(F)c(Cl)c3)cc2NC1=O. The largest absolute Gasteiger partial charge is 0.326 e. The number of carbonyl (C=O) groups is 2. The molecule has 2 aromatic carbocycles. The van der Waals surface area contributed by atoms with Crippen LogP contribution in [0.3, 0.4) is 0 Å². The summed E-state index contributed by atoms with van der Waals surface area (Å²) in [5.74, 6) is -1.76. The quantitative estimate of drug-likeness (QED) is 0.736. The lowest BCUT2D eigenvalue weighted by Gasteiger charge is -2.21. The van der Waals surface area contributed by atoms with Crippen molar-refractivity contribution in [2.45, 2.75) is 28.4 Å². The summed E-state index contributed by atoms with van der Waals surface area (Å²) >= 11 is 7.00. The normalized spacial score (nSPS) is 16.2. The summed E-state index contributed by atoms with van der Waals surface area (Å²) in [6, 6.07) is 8.19. The lowest BCUT2D eigenvalue weighted by molar-refractivity contribution is -0.116. The fourth-order valence-corrected chi connectivity index (χ4v) is 4.90. The molecule has 28 heavy (non-hydrogen) atoms. The van der Waals surface area contributed by atoms with Crippen molar-refractivity contribution in [1.82, 2.24) is 0 Å². The predicted molar refractivity (Wildman–Crippen MR) is 107 cm³/mol. The minimum absolute atomic E-state index is 0.0272. The van der Waals surface area contributed by atoms with Crippen LogP contribution in [0.4, 0.5) is 15.8 Å². The molecule has 1 aliphatic rings. The molecule has 2 aromatic rings. The number of amides is 2. The highest BCUT2D eigenvalue weighted by Gasteiger charge is 2.25. The van der Waals surface area contributed by atoms with Crippen molar-refractivity contribution in [2.24, 2.45) is 0 Å². The summed E-state index contributed by atoms with van der Waals surface area (Å²) in [6.45, 7) is 1.76. The first-order valence-electron chi connectivity index (χ1n) is 8.25. The van der Waals surface area contributed by atoms with Crippen molar-refractivity contribution in [2.75, 3.05) is 16.4 Å². The van der Waals surface area contributed by atoms with Gasteiger partial charge in [0.2, 0.25) is 11.8 Å². The number of hydrogen-bond donors (Lipinski definition) is 2. The van der Waals surface area contributed by atoms with E-state index in [4.69, 9.17) is 11.6 Å². The van der Waals surface area contributed by atoms with Crippen LogP contribution in [0.15, 0.2) is 46.2 Å². The Hall–Kier alpha value is -2.10.